The summed E-state index contributed by atoms with van der Waals surface area (Å²) in [7, 11) is -3.80. The van der Waals surface area contributed by atoms with Crippen molar-refractivity contribution in [2.45, 2.75) is 11.9 Å². The van der Waals surface area contributed by atoms with E-state index in [0.29, 0.717) is 5.75 Å². The molecule has 2 N–H and O–H groups in total. The maximum atomic E-state index is 13.6. The van der Waals surface area contributed by atoms with Crippen molar-refractivity contribution in [3.05, 3.63) is 59.4 Å². The molecule has 0 atom stereocenters. The molecule has 1 saturated heterocycles. The van der Waals surface area contributed by atoms with Crippen LogP contribution >= 0.6 is 0 Å². The van der Waals surface area contributed by atoms with Crippen LogP contribution in [0.5, 0.6) is 5.75 Å². The third-order valence-corrected chi connectivity index (χ3v) is 5.60. The van der Waals surface area contributed by atoms with Gasteiger partial charge < -0.3 is 10.5 Å². The molecule has 0 radical (unpaired) electrons. The molecule has 0 bridgehead atoms. The number of hydrogen-bond donors (Lipinski definition) is 1. The first-order chi connectivity index (χ1) is 12.2. The van der Waals surface area contributed by atoms with Crippen LogP contribution in [0.3, 0.4) is 0 Å². The van der Waals surface area contributed by atoms with E-state index < -0.39 is 39.4 Å². The van der Waals surface area contributed by atoms with Gasteiger partial charge in [0.25, 0.3) is 5.91 Å². The standard InChI is InChI=1S/C16H15F2N3O4S/c17-11-1-2-14(18)10(5-11)9-26(23,24)21-7-13(8-21)25-12-3-4-20-15(6-12)16(19)22/h1-6,13H,7-9H2,(H2,19,22). The fourth-order valence-electron chi connectivity index (χ4n) is 2.46. The Kier molecular flexibility index (Phi) is 4.88. The lowest BCUT2D eigenvalue weighted by Crippen LogP contribution is -2.56. The Labute approximate surface area is 148 Å². The zero-order chi connectivity index (χ0) is 18.9. The second-order valence-electron chi connectivity index (χ2n) is 5.79. The first-order valence-corrected chi connectivity index (χ1v) is 9.20. The highest BCUT2D eigenvalue weighted by Gasteiger charge is 2.37. The van der Waals surface area contributed by atoms with Gasteiger partial charge in [0, 0.05) is 17.8 Å². The summed E-state index contributed by atoms with van der Waals surface area (Å²) in [4.78, 5) is 14.9. The molecule has 0 unspecified atom stereocenters. The van der Waals surface area contributed by atoms with Crippen LogP contribution in [-0.4, -0.2) is 42.8 Å². The Bertz CT molecular complexity index is 946. The van der Waals surface area contributed by atoms with Crippen LogP contribution < -0.4 is 10.5 Å². The van der Waals surface area contributed by atoms with E-state index >= 15 is 0 Å². The lowest BCUT2D eigenvalue weighted by Gasteiger charge is -2.37. The van der Waals surface area contributed by atoms with Gasteiger partial charge in [0.15, 0.2) is 0 Å². The van der Waals surface area contributed by atoms with Crippen molar-refractivity contribution in [2.24, 2.45) is 5.73 Å². The number of hydrogen-bond acceptors (Lipinski definition) is 5. The predicted octanol–water partition coefficient (Wildman–Crippen LogP) is 1.05. The fourth-order valence-corrected chi connectivity index (χ4v) is 4.04. The number of rotatable bonds is 6. The summed E-state index contributed by atoms with van der Waals surface area (Å²) in [6, 6.07) is 5.56. The van der Waals surface area contributed by atoms with Crippen molar-refractivity contribution in [2.75, 3.05) is 13.1 Å². The van der Waals surface area contributed by atoms with Crippen molar-refractivity contribution >= 4 is 15.9 Å². The molecular weight excluding hydrogens is 368 g/mol. The van der Waals surface area contributed by atoms with Crippen LogP contribution in [0.1, 0.15) is 16.1 Å². The second kappa shape index (κ2) is 6.96. The van der Waals surface area contributed by atoms with E-state index in [-0.39, 0.29) is 24.3 Å². The molecule has 0 aliphatic carbocycles. The van der Waals surface area contributed by atoms with Crippen LogP contribution in [0.4, 0.5) is 8.78 Å². The molecule has 10 heteroatoms. The van der Waals surface area contributed by atoms with Crippen molar-refractivity contribution < 1.29 is 26.7 Å². The zero-order valence-electron chi connectivity index (χ0n) is 13.4. The molecule has 7 nitrogen and oxygen atoms in total. The lowest BCUT2D eigenvalue weighted by atomic mass is 10.2. The van der Waals surface area contributed by atoms with Crippen LogP contribution in [0.25, 0.3) is 0 Å². The average molecular weight is 383 g/mol. The van der Waals surface area contributed by atoms with E-state index in [1.807, 2.05) is 0 Å². The summed E-state index contributed by atoms with van der Waals surface area (Å²) in [5.74, 6) is -2.48. The van der Waals surface area contributed by atoms with Gasteiger partial charge in [0.2, 0.25) is 10.0 Å². The number of nitrogens with zero attached hydrogens (tertiary/aromatic N) is 2. The summed E-state index contributed by atoms with van der Waals surface area (Å²) in [5.41, 5.74) is 4.94. The molecule has 1 fully saturated rings. The Hall–Kier alpha value is -2.59. The van der Waals surface area contributed by atoms with Crippen LogP contribution in [0.15, 0.2) is 36.5 Å². The summed E-state index contributed by atoms with van der Waals surface area (Å²) in [6.45, 7) is 0.126. The number of aromatic nitrogens is 1. The van der Waals surface area contributed by atoms with Crippen LogP contribution in [0.2, 0.25) is 0 Å². The van der Waals surface area contributed by atoms with Crippen LogP contribution in [-0.2, 0) is 15.8 Å². The number of carbonyl (C=O) groups is 1. The highest BCUT2D eigenvalue weighted by atomic mass is 32.2. The van der Waals surface area contributed by atoms with Gasteiger partial charge in [0.1, 0.15) is 29.2 Å². The van der Waals surface area contributed by atoms with Gasteiger partial charge >= 0.3 is 0 Å². The van der Waals surface area contributed by atoms with Crippen LogP contribution in [0, 0.1) is 11.6 Å². The predicted molar refractivity (Wildman–Crippen MR) is 87.7 cm³/mol. The normalized spacial score (nSPS) is 15.5. The monoisotopic (exact) mass is 383 g/mol. The molecule has 1 amide bonds. The number of halogens is 2. The first-order valence-electron chi connectivity index (χ1n) is 7.59. The van der Waals surface area contributed by atoms with Crippen molar-refractivity contribution in [3.63, 3.8) is 0 Å². The molecule has 0 saturated carbocycles. The number of amides is 1. The Morgan fingerprint density at radius 3 is 2.69 bits per heavy atom. The number of carbonyl (C=O) groups excluding carboxylic acids is 1. The molecule has 3 rings (SSSR count). The van der Waals surface area contributed by atoms with Gasteiger partial charge in [-0.05, 0) is 24.3 Å². The minimum Gasteiger partial charge on any atom is -0.488 e. The molecule has 2 heterocycles. The third-order valence-electron chi connectivity index (χ3n) is 3.84. The minimum absolute atomic E-state index is 0.0351. The average Bonchev–Trinajstić information content (AvgIpc) is 2.53. The quantitative estimate of drug-likeness (QED) is 0.803. The zero-order valence-corrected chi connectivity index (χ0v) is 14.2. The fraction of sp³-hybridized carbons (Fsp3) is 0.250. The van der Waals surface area contributed by atoms with Gasteiger partial charge in [-0.2, -0.15) is 4.31 Å². The number of benzene rings is 1. The van der Waals surface area contributed by atoms with E-state index in [1.54, 1.807) is 0 Å². The molecule has 2 aromatic rings. The third kappa shape index (κ3) is 3.97. The van der Waals surface area contributed by atoms with E-state index in [1.165, 1.54) is 18.3 Å². The molecule has 26 heavy (non-hydrogen) atoms. The molecule has 1 aliphatic rings. The SMILES string of the molecule is NC(=O)c1cc(OC2CN(S(=O)(=O)Cc3cc(F)ccc3F)C2)ccn1. The highest BCUT2D eigenvalue weighted by Crippen LogP contribution is 2.23. The molecule has 1 aromatic heterocycles. The van der Waals surface area contributed by atoms with Crippen molar-refractivity contribution in [3.8, 4) is 5.75 Å². The van der Waals surface area contributed by atoms with E-state index in [0.717, 1.165) is 22.5 Å². The topological polar surface area (TPSA) is 103 Å². The maximum Gasteiger partial charge on any atom is 0.267 e. The number of ether oxygens (including phenoxy) is 1. The summed E-state index contributed by atoms with van der Waals surface area (Å²) >= 11 is 0. The number of primary amides is 1. The molecule has 138 valence electrons. The van der Waals surface area contributed by atoms with Crippen molar-refractivity contribution in [1.29, 1.82) is 0 Å². The van der Waals surface area contributed by atoms with Gasteiger partial charge in [-0.1, -0.05) is 0 Å². The number of pyridine rings is 1. The van der Waals surface area contributed by atoms with Gasteiger partial charge in [-0.15, -0.1) is 0 Å². The Morgan fingerprint density at radius 2 is 2.00 bits per heavy atom. The van der Waals surface area contributed by atoms with Gasteiger partial charge in [0.05, 0.1) is 18.8 Å². The highest BCUT2D eigenvalue weighted by molar-refractivity contribution is 7.88. The molecule has 1 aliphatic heterocycles. The van der Waals surface area contributed by atoms with Crippen molar-refractivity contribution in [1.82, 2.24) is 9.29 Å². The number of nitrogens with two attached hydrogens (primary N) is 1. The minimum atomic E-state index is -3.80. The maximum absolute atomic E-state index is 13.6. The Balaban J connectivity index is 1.61. The first kappa shape index (κ1) is 18.2. The van der Waals surface area contributed by atoms with E-state index in [9.17, 15) is 22.0 Å². The molecule has 0 spiro atoms. The number of sulfonamides is 1. The molecular formula is C16H15F2N3O4S. The largest absolute Gasteiger partial charge is 0.488 e. The van der Waals surface area contributed by atoms with Gasteiger partial charge in [-0.25, -0.2) is 17.2 Å². The smallest absolute Gasteiger partial charge is 0.267 e. The lowest BCUT2D eigenvalue weighted by molar-refractivity contribution is 0.0757. The van der Waals surface area contributed by atoms with E-state index in [2.05, 4.69) is 4.98 Å². The summed E-state index contributed by atoms with van der Waals surface area (Å²) in [6.07, 6.45) is 0.931. The summed E-state index contributed by atoms with van der Waals surface area (Å²) in [5, 5.41) is 0. The summed E-state index contributed by atoms with van der Waals surface area (Å²) < 4.78 is 58.1. The van der Waals surface area contributed by atoms with E-state index in [4.69, 9.17) is 10.5 Å². The Morgan fingerprint density at radius 1 is 1.27 bits per heavy atom. The molecule has 1 aromatic carbocycles. The second-order valence-corrected chi connectivity index (χ2v) is 7.76. The van der Waals surface area contributed by atoms with Gasteiger partial charge in [-0.3, -0.25) is 9.78 Å².